The van der Waals surface area contributed by atoms with Crippen molar-refractivity contribution in [1.82, 2.24) is 15.3 Å². The molecule has 0 radical (unpaired) electrons. The number of aromatic nitrogens is 2. The number of benzene rings is 2. The summed E-state index contributed by atoms with van der Waals surface area (Å²) in [5.74, 6) is 2.29. The lowest BCUT2D eigenvalue weighted by Gasteiger charge is -2.31. The number of fused-ring (bicyclic) bond motifs is 1. The molecule has 3 aromatic rings. The fraction of sp³-hybridized carbons (Fsp3) is 0.391. The highest BCUT2D eigenvalue weighted by atomic mass is 79.9. The Kier molecular flexibility index (Phi) is 6.65. The molecule has 0 aliphatic carbocycles. The van der Waals surface area contributed by atoms with E-state index in [4.69, 9.17) is 14.5 Å². The van der Waals surface area contributed by atoms with Crippen LogP contribution in [0.25, 0.3) is 11.0 Å². The molecular formula is C23H27BrN4O3. The fourth-order valence-electron chi connectivity index (χ4n) is 4.01. The smallest absolute Gasteiger partial charge is 0.224 e. The molecule has 1 aliphatic rings. The molecule has 4 rings (SSSR count). The van der Waals surface area contributed by atoms with E-state index in [1.807, 2.05) is 36.4 Å². The number of amides is 1. The lowest BCUT2D eigenvalue weighted by molar-refractivity contribution is -0.125. The standard InChI is InChI=1S/C23H27BrN4O3/c1-30-20-8-5-15(12-21(20)31-2)9-10-25-22(29)16-4-3-11-28(14-16)23-26-18-7-6-17(24)13-19(18)27-23/h5-8,12-13,16H,3-4,9-11,14H2,1-2H3,(H,25,29)(H,26,27). The number of rotatable bonds is 7. The molecular weight excluding hydrogens is 460 g/mol. The molecule has 31 heavy (non-hydrogen) atoms. The Morgan fingerprint density at radius 1 is 1.23 bits per heavy atom. The SMILES string of the molecule is COc1ccc(CCNC(=O)C2CCCN(c3nc4ccc(Br)cc4[nH]3)C2)cc1OC. The zero-order valence-corrected chi connectivity index (χ0v) is 19.4. The van der Waals surface area contributed by atoms with Gasteiger partial charge in [-0.15, -0.1) is 0 Å². The van der Waals surface area contributed by atoms with Crippen molar-refractivity contribution < 1.29 is 14.3 Å². The summed E-state index contributed by atoms with van der Waals surface area (Å²) in [6.45, 7) is 2.16. The normalized spacial score (nSPS) is 16.4. The molecule has 8 heteroatoms. The monoisotopic (exact) mass is 486 g/mol. The highest BCUT2D eigenvalue weighted by Gasteiger charge is 2.27. The van der Waals surface area contributed by atoms with Gasteiger partial charge in [-0.1, -0.05) is 22.0 Å². The number of nitrogens with zero attached hydrogens (tertiary/aromatic N) is 2. The van der Waals surface area contributed by atoms with Gasteiger partial charge in [0.1, 0.15) is 0 Å². The van der Waals surface area contributed by atoms with Crippen molar-refractivity contribution in [2.24, 2.45) is 5.92 Å². The molecule has 0 bridgehead atoms. The van der Waals surface area contributed by atoms with Gasteiger partial charge in [0.25, 0.3) is 0 Å². The maximum atomic E-state index is 12.8. The number of carbonyl (C=O) groups excluding carboxylic acids is 1. The predicted molar refractivity (Wildman–Crippen MR) is 125 cm³/mol. The van der Waals surface area contributed by atoms with E-state index in [1.165, 1.54) is 0 Å². The number of nitrogens with one attached hydrogen (secondary N) is 2. The van der Waals surface area contributed by atoms with E-state index in [1.54, 1.807) is 14.2 Å². The summed E-state index contributed by atoms with van der Waals surface area (Å²) in [6, 6.07) is 11.8. The van der Waals surface area contributed by atoms with E-state index in [9.17, 15) is 4.79 Å². The van der Waals surface area contributed by atoms with Crippen molar-refractivity contribution >= 4 is 38.8 Å². The van der Waals surface area contributed by atoms with Gasteiger partial charge in [-0.2, -0.15) is 0 Å². The Labute approximate surface area is 190 Å². The molecule has 2 N–H and O–H groups in total. The number of anilines is 1. The zero-order chi connectivity index (χ0) is 21.8. The van der Waals surface area contributed by atoms with Crippen LogP contribution in [0.1, 0.15) is 18.4 Å². The van der Waals surface area contributed by atoms with Crippen LogP contribution in [0.5, 0.6) is 11.5 Å². The van der Waals surface area contributed by atoms with E-state index in [0.717, 1.165) is 52.8 Å². The molecule has 0 saturated carbocycles. The third-order valence-corrected chi connectivity index (χ3v) is 6.18. The molecule has 1 aliphatic heterocycles. The van der Waals surface area contributed by atoms with Gasteiger partial charge >= 0.3 is 0 Å². The summed E-state index contributed by atoms with van der Waals surface area (Å²) in [7, 11) is 3.24. The molecule has 1 atom stereocenters. The Hall–Kier alpha value is -2.74. The van der Waals surface area contributed by atoms with Crippen LogP contribution in [0.2, 0.25) is 0 Å². The first-order chi connectivity index (χ1) is 15.1. The summed E-state index contributed by atoms with van der Waals surface area (Å²) in [4.78, 5) is 23.0. The van der Waals surface area contributed by atoms with Crippen molar-refractivity contribution in [3.05, 3.63) is 46.4 Å². The number of ether oxygens (including phenoxy) is 2. The van der Waals surface area contributed by atoms with Crippen molar-refractivity contribution in [3.63, 3.8) is 0 Å². The van der Waals surface area contributed by atoms with Gasteiger partial charge < -0.3 is 24.7 Å². The second-order valence-electron chi connectivity index (χ2n) is 7.74. The molecule has 1 aromatic heterocycles. The number of H-pyrrole nitrogens is 1. The maximum absolute atomic E-state index is 12.8. The second kappa shape index (κ2) is 9.60. The van der Waals surface area contributed by atoms with Gasteiger partial charge in [0.15, 0.2) is 11.5 Å². The predicted octanol–water partition coefficient (Wildman–Crippen LogP) is 3.92. The average molecular weight is 487 g/mol. The highest BCUT2D eigenvalue weighted by Crippen LogP contribution is 2.28. The molecule has 1 fully saturated rings. The van der Waals surface area contributed by atoms with E-state index in [-0.39, 0.29) is 11.8 Å². The first-order valence-corrected chi connectivity index (χ1v) is 11.3. The Balaban J connectivity index is 1.33. The number of piperidine rings is 1. The van der Waals surface area contributed by atoms with Crippen LogP contribution < -0.4 is 19.7 Å². The zero-order valence-electron chi connectivity index (χ0n) is 17.8. The summed E-state index contributed by atoms with van der Waals surface area (Å²) >= 11 is 3.49. The number of carbonyl (C=O) groups is 1. The minimum Gasteiger partial charge on any atom is -0.493 e. The van der Waals surface area contributed by atoms with Crippen molar-refractivity contribution in [1.29, 1.82) is 0 Å². The largest absolute Gasteiger partial charge is 0.493 e. The minimum atomic E-state index is -0.0425. The Bertz CT molecular complexity index is 1070. The Morgan fingerprint density at radius 2 is 2.06 bits per heavy atom. The van der Waals surface area contributed by atoms with Crippen LogP contribution in [-0.2, 0) is 11.2 Å². The lowest BCUT2D eigenvalue weighted by Crippen LogP contribution is -2.43. The number of imidazole rings is 1. The topological polar surface area (TPSA) is 79.5 Å². The summed E-state index contributed by atoms with van der Waals surface area (Å²) in [5.41, 5.74) is 3.02. The molecule has 2 aromatic carbocycles. The van der Waals surface area contributed by atoms with Crippen LogP contribution in [0.15, 0.2) is 40.9 Å². The van der Waals surface area contributed by atoms with Gasteiger partial charge in [0, 0.05) is 24.1 Å². The first-order valence-electron chi connectivity index (χ1n) is 10.5. The lowest BCUT2D eigenvalue weighted by atomic mass is 9.97. The molecule has 1 saturated heterocycles. The van der Waals surface area contributed by atoms with Gasteiger partial charge in [0.2, 0.25) is 11.9 Å². The number of hydrogen-bond acceptors (Lipinski definition) is 5. The molecule has 1 unspecified atom stereocenters. The minimum absolute atomic E-state index is 0.0425. The van der Waals surface area contributed by atoms with Gasteiger partial charge in [-0.3, -0.25) is 4.79 Å². The first kappa shape index (κ1) is 21.5. The van der Waals surface area contributed by atoms with Gasteiger partial charge in [0.05, 0.1) is 31.2 Å². The van der Waals surface area contributed by atoms with E-state index in [0.29, 0.717) is 24.6 Å². The number of aromatic amines is 1. The van der Waals surface area contributed by atoms with E-state index in [2.05, 4.69) is 31.1 Å². The molecule has 7 nitrogen and oxygen atoms in total. The van der Waals surface area contributed by atoms with Crippen LogP contribution in [0, 0.1) is 5.92 Å². The summed E-state index contributed by atoms with van der Waals surface area (Å²) in [6.07, 6.45) is 2.60. The van der Waals surface area contributed by atoms with Crippen LogP contribution in [-0.4, -0.2) is 49.7 Å². The average Bonchev–Trinajstić information content (AvgIpc) is 3.22. The fourth-order valence-corrected chi connectivity index (χ4v) is 4.37. The van der Waals surface area contributed by atoms with Crippen LogP contribution in [0.4, 0.5) is 5.95 Å². The number of hydrogen-bond donors (Lipinski definition) is 2. The van der Waals surface area contributed by atoms with Crippen molar-refractivity contribution in [2.75, 3.05) is 38.8 Å². The maximum Gasteiger partial charge on any atom is 0.224 e. The molecule has 0 spiro atoms. The van der Waals surface area contributed by atoms with Crippen LogP contribution >= 0.6 is 15.9 Å². The van der Waals surface area contributed by atoms with E-state index >= 15 is 0 Å². The third kappa shape index (κ3) is 4.95. The molecule has 2 heterocycles. The summed E-state index contributed by atoms with van der Waals surface area (Å²) in [5, 5.41) is 3.10. The third-order valence-electron chi connectivity index (χ3n) is 5.68. The van der Waals surface area contributed by atoms with Crippen molar-refractivity contribution in [2.45, 2.75) is 19.3 Å². The van der Waals surface area contributed by atoms with Crippen LogP contribution in [0.3, 0.4) is 0 Å². The van der Waals surface area contributed by atoms with Gasteiger partial charge in [-0.05, 0) is 55.2 Å². The second-order valence-corrected chi connectivity index (χ2v) is 8.65. The molecule has 1 amide bonds. The van der Waals surface area contributed by atoms with Crippen molar-refractivity contribution in [3.8, 4) is 11.5 Å². The van der Waals surface area contributed by atoms with Gasteiger partial charge in [-0.25, -0.2) is 4.98 Å². The quantitative estimate of drug-likeness (QED) is 0.528. The number of methoxy groups -OCH3 is 2. The molecule has 164 valence electrons. The highest BCUT2D eigenvalue weighted by molar-refractivity contribution is 9.10. The Morgan fingerprint density at radius 3 is 2.87 bits per heavy atom. The van der Waals surface area contributed by atoms with E-state index < -0.39 is 0 Å². The number of halogens is 1. The summed E-state index contributed by atoms with van der Waals surface area (Å²) < 4.78 is 11.6.